The van der Waals surface area contributed by atoms with Gasteiger partial charge in [0.15, 0.2) is 0 Å². The van der Waals surface area contributed by atoms with Crippen LogP contribution >= 0.6 is 0 Å². The Balaban J connectivity index is 1.44. The van der Waals surface area contributed by atoms with Crippen LogP contribution in [0.3, 0.4) is 0 Å². The first-order chi connectivity index (χ1) is 8.75. The number of nitrogens with zero attached hydrogens (tertiary/aromatic N) is 1. The van der Waals surface area contributed by atoms with E-state index >= 15 is 0 Å². The standard InChI is InChI=1S/C15H20N2O/c1-17(13-7-8-13)15(18)16-10-12-9-14(12)11-5-3-2-4-6-11/h2-6,12-14H,7-10H2,1H3,(H,16,18)/t12-,14+/m1/s1. The highest BCUT2D eigenvalue weighted by Crippen LogP contribution is 2.46. The number of carbonyl (C=O) groups excluding carboxylic acids is 1. The summed E-state index contributed by atoms with van der Waals surface area (Å²) >= 11 is 0. The highest BCUT2D eigenvalue weighted by Gasteiger charge is 2.38. The molecule has 2 saturated carbocycles. The second-order valence-corrected chi connectivity index (χ2v) is 5.54. The Bertz CT molecular complexity index is 427. The van der Waals surface area contributed by atoms with Crippen molar-refractivity contribution in [1.82, 2.24) is 10.2 Å². The van der Waals surface area contributed by atoms with Gasteiger partial charge in [0.05, 0.1) is 0 Å². The average molecular weight is 244 g/mol. The van der Waals surface area contributed by atoms with E-state index in [1.54, 1.807) is 0 Å². The topological polar surface area (TPSA) is 32.3 Å². The first-order valence-corrected chi connectivity index (χ1v) is 6.81. The fourth-order valence-corrected chi connectivity index (χ4v) is 2.55. The third kappa shape index (κ3) is 2.50. The maximum atomic E-state index is 11.8. The van der Waals surface area contributed by atoms with Crippen molar-refractivity contribution in [2.24, 2.45) is 5.92 Å². The lowest BCUT2D eigenvalue weighted by Gasteiger charge is -2.17. The predicted molar refractivity (Wildman–Crippen MR) is 71.5 cm³/mol. The van der Waals surface area contributed by atoms with E-state index in [9.17, 15) is 4.79 Å². The molecule has 3 heteroatoms. The van der Waals surface area contributed by atoms with Crippen LogP contribution in [0.15, 0.2) is 30.3 Å². The molecule has 0 heterocycles. The Morgan fingerprint density at radius 2 is 2.06 bits per heavy atom. The van der Waals surface area contributed by atoms with Crippen LogP contribution in [0.2, 0.25) is 0 Å². The van der Waals surface area contributed by atoms with Gasteiger partial charge >= 0.3 is 6.03 Å². The Morgan fingerprint density at radius 1 is 1.33 bits per heavy atom. The zero-order valence-electron chi connectivity index (χ0n) is 10.8. The molecular formula is C15H20N2O. The summed E-state index contributed by atoms with van der Waals surface area (Å²) in [6.45, 7) is 0.815. The molecular weight excluding hydrogens is 224 g/mol. The highest BCUT2D eigenvalue weighted by atomic mass is 16.2. The summed E-state index contributed by atoms with van der Waals surface area (Å²) in [5.74, 6) is 1.28. The van der Waals surface area contributed by atoms with Crippen LogP contribution in [0.4, 0.5) is 4.79 Å². The molecule has 0 aliphatic heterocycles. The Hall–Kier alpha value is -1.51. The lowest BCUT2D eigenvalue weighted by Crippen LogP contribution is -2.39. The SMILES string of the molecule is CN(C(=O)NC[C@H]1C[C@H]1c1ccccc1)C1CC1. The third-order valence-electron chi connectivity index (χ3n) is 4.08. The maximum absolute atomic E-state index is 11.8. The Labute approximate surface area is 108 Å². The van der Waals surface area contributed by atoms with Crippen molar-refractivity contribution < 1.29 is 4.79 Å². The summed E-state index contributed by atoms with van der Waals surface area (Å²) in [7, 11) is 1.90. The van der Waals surface area contributed by atoms with Gasteiger partial charge in [-0.25, -0.2) is 4.79 Å². The molecule has 18 heavy (non-hydrogen) atoms. The number of amides is 2. The van der Waals surface area contributed by atoms with Gasteiger partial charge in [0.1, 0.15) is 0 Å². The molecule has 0 unspecified atom stereocenters. The monoisotopic (exact) mass is 244 g/mol. The minimum absolute atomic E-state index is 0.0937. The van der Waals surface area contributed by atoms with Gasteiger partial charge in [-0.1, -0.05) is 30.3 Å². The van der Waals surface area contributed by atoms with Crippen molar-refractivity contribution in [3.63, 3.8) is 0 Å². The van der Waals surface area contributed by atoms with Gasteiger partial charge in [0.2, 0.25) is 0 Å². The van der Waals surface area contributed by atoms with Crippen LogP contribution in [-0.2, 0) is 0 Å². The molecule has 1 aromatic rings. The number of hydrogen-bond donors (Lipinski definition) is 1. The highest BCUT2D eigenvalue weighted by molar-refractivity contribution is 5.74. The number of rotatable bonds is 4. The Kier molecular flexibility index (Phi) is 2.98. The largest absolute Gasteiger partial charge is 0.338 e. The van der Waals surface area contributed by atoms with Gasteiger partial charge in [-0.15, -0.1) is 0 Å². The summed E-state index contributed by atoms with van der Waals surface area (Å²) in [6, 6.07) is 11.2. The molecule has 0 spiro atoms. The third-order valence-corrected chi connectivity index (χ3v) is 4.08. The van der Waals surface area contributed by atoms with Crippen molar-refractivity contribution in [3.05, 3.63) is 35.9 Å². The van der Waals surface area contributed by atoms with Crippen molar-refractivity contribution in [3.8, 4) is 0 Å². The summed E-state index contributed by atoms with van der Waals surface area (Å²) < 4.78 is 0. The van der Waals surface area contributed by atoms with Crippen LogP contribution in [-0.4, -0.2) is 30.6 Å². The smallest absolute Gasteiger partial charge is 0.317 e. The molecule has 2 atom stereocenters. The Morgan fingerprint density at radius 3 is 2.72 bits per heavy atom. The molecule has 3 rings (SSSR count). The number of urea groups is 1. The quantitative estimate of drug-likeness (QED) is 0.867. The zero-order chi connectivity index (χ0) is 12.5. The molecule has 0 saturated heterocycles. The molecule has 0 bridgehead atoms. The van der Waals surface area contributed by atoms with Crippen LogP contribution in [0.1, 0.15) is 30.7 Å². The fourth-order valence-electron chi connectivity index (χ4n) is 2.55. The van der Waals surface area contributed by atoms with Crippen molar-refractivity contribution >= 4 is 6.03 Å². The van der Waals surface area contributed by atoms with E-state index in [1.165, 1.54) is 24.8 Å². The molecule has 2 aliphatic carbocycles. The van der Waals surface area contributed by atoms with E-state index in [0.29, 0.717) is 17.9 Å². The summed E-state index contributed by atoms with van der Waals surface area (Å²) in [6.07, 6.45) is 3.54. The second kappa shape index (κ2) is 4.63. The van der Waals surface area contributed by atoms with E-state index in [2.05, 4.69) is 29.6 Å². The average Bonchev–Trinajstić information content (AvgIpc) is 3.29. The van der Waals surface area contributed by atoms with Crippen molar-refractivity contribution in [1.29, 1.82) is 0 Å². The molecule has 2 amide bonds. The first-order valence-electron chi connectivity index (χ1n) is 6.81. The fraction of sp³-hybridized carbons (Fsp3) is 0.533. The number of carbonyl (C=O) groups is 1. The molecule has 2 aliphatic rings. The predicted octanol–water partition coefficient (Wildman–Crippen LogP) is 2.59. The molecule has 3 nitrogen and oxygen atoms in total. The minimum Gasteiger partial charge on any atom is -0.338 e. The van der Waals surface area contributed by atoms with Gasteiger partial charge in [-0.2, -0.15) is 0 Å². The van der Waals surface area contributed by atoms with Crippen LogP contribution < -0.4 is 5.32 Å². The zero-order valence-corrected chi connectivity index (χ0v) is 10.8. The lowest BCUT2D eigenvalue weighted by molar-refractivity contribution is 0.206. The molecule has 1 N–H and O–H groups in total. The van der Waals surface area contributed by atoms with Gasteiger partial charge in [0, 0.05) is 19.6 Å². The minimum atomic E-state index is 0.0937. The van der Waals surface area contributed by atoms with E-state index in [-0.39, 0.29) is 6.03 Å². The first kappa shape index (κ1) is 11.6. The number of hydrogen-bond acceptors (Lipinski definition) is 1. The van der Waals surface area contributed by atoms with E-state index in [4.69, 9.17) is 0 Å². The van der Waals surface area contributed by atoms with Crippen molar-refractivity contribution in [2.75, 3.05) is 13.6 Å². The summed E-state index contributed by atoms with van der Waals surface area (Å²) in [4.78, 5) is 13.7. The van der Waals surface area contributed by atoms with Gasteiger partial charge in [0.25, 0.3) is 0 Å². The molecule has 96 valence electrons. The lowest BCUT2D eigenvalue weighted by atomic mass is 10.1. The van der Waals surface area contributed by atoms with Crippen LogP contribution in [0.25, 0.3) is 0 Å². The maximum Gasteiger partial charge on any atom is 0.317 e. The van der Waals surface area contributed by atoms with Crippen LogP contribution in [0, 0.1) is 5.92 Å². The second-order valence-electron chi connectivity index (χ2n) is 5.54. The number of benzene rings is 1. The van der Waals surface area contributed by atoms with E-state index in [1.807, 2.05) is 18.0 Å². The molecule has 0 radical (unpaired) electrons. The molecule has 2 fully saturated rings. The summed E-state index contributed by atoms with van der Waals surface area (Å²) in [5.41, 5.74) is 1.41. The molecule has 1 aromatic carbocycles. The van der Waals surface area contributed by atoms with Gasteiger partial charge in [-0.05, 0) is 36.7 Å². The summed E-state index contributed by atoms with van der Waals surface area (Å²) in [5, 5.41) is 3.05. The normalized spacial score (nSPS) is 25.6. The van der Waals surface area contributed by atoms with Gasteiger partial charge < -0.3 is 10.2 Å². The number of nitrogens with one attached hydrogen (secondary N) is 1. The molecule has 0 aromatic heterocycles. The van der Waals surface area contributed by atoms with Crippen LogP contribution in [0.5, 0.6) is 0 Å². The van der Waals surface area contributed by atoms with Crippen molar-refractivity contribution in [2.45, 2.75) is 31.2 Å². The van der Waals surface area contributed by atoms with E-state index < -0.39 is 0 Å². The van der Waals surface area contributed by atoms with Gasteiger partial charge in [-0.3, -0.25) is 0 Å². The van der Waals surface area contributed by atoms with E-state index in [0.717, 1.165) is 6.54 Å².